The summed E-state index contributed by atoms with van der Waals surface area (Å²) in [4.78, 5) is 0. The molecule has 9 heavy (non-hydrogen) atoms. The number of aliphatic hydroxyl groups is 2. The Hall–Kier alpha value is 0.390. The van der Waals surface area contributed by atoms with Crippen LogP contribution in [0.15, 0.2) is 9.66 Å². The van der Waals surface area contributed by atoms with Gasteiger partial charge < -0.3 is 10.2 Å². The molecule has 52 valence electrons. The van der Waals surface area contributed by atoms with Crippen molar-refractivity contribution in [1.29, 1.82) is 0 Å². The molecule has 0 heterocycles. The van der Waals surface area contributed by atoms with Gasteiger partial charge in [-0.2, -0.15) is 0 Å². The van der Waals surface area contributed by atoms with Crippen LogP contribution in [0.5, 0.6) is 0 Å². The molecule has 2 atom stereocenters. The standard InChI is InChI=1S/C6H9IO2/c7-4-2-1-3-5(8)6(4)9/h2,5-6,8-9H,1,3H2/t5-,6-/m0/s1. The fourth-order valence-electron chi connectivity index (χ4n) is 0.854. The van der Waals surface area contributed by atoms with E-state index in [-0.39, 0.29) is 0 Å². The van der Waals surface area contributed by atoms with Gasteiger partial charge >= 0.3 is 0 Å². The summed E-state index contributed by atoms with van der Waals surface area (Å²) in [7, 11) is 0. The third kappa shape index (κ3) is 1.65. The molecule has 0 unspecified atom stereocenters. The van der Waals surface area contributed by atoms with Crippen LogP contribution in [0.2, 0.25) is 0 Å². The van der Waals surface area contributed by atoms with Crippen LogP contribution in [0.25, 0.3) is 0 Å². The van der Waals surface area contributed by atoms with Gasteiger partial charge in [-0.15, -0.1) is 0 Å². The number of allylic oxidation sites excluding steroid dienone is 1. The SMILES string of the molecule is O[C@H]1CCC=C(I)[C@@H]1O. The molecule has 0 saturated heterocycles. The minimum atomic E-state index is -0.626. The molecule has 1 rings (SSSR count). The summed E-state index contributed by atoms with van der Waals surface area (Å²) in [6.45, 7) is 0. The zero-order valence-electron chi connectivity index (χ0n) is 4.92. The highest BCUT2D eigenvalue weighted by Crippen LogP contribution is 2.23. The van der Waals surface area contributed by atoms with Gasteiger partial charge in [0.2, 0.25) is 0 Å². The van der Waals surface area contributed by atoms with Gasteiger partial charge in [0.25, 0.3) is 0 Å². The molecule has 0 aromatic rings. The summed E-state index contributed by atoms with van der Waals surface area (Å²) in [5.74, 6) is 0. The molecule has 0 spiro atoms. The normalized spacial score (nSPS) is 36.1. The Morgan fingerprint density at radius 3 is 2.67 bits per heavy atom. The fourth-order valence-corrected chi connectivity index (χ4v) is 1.58. The van der Waals surface area contributed by atoms with E-state index in [1.807, 2.05) is 28.7 Å². The highest BCUT2D eigenvalue weighted by atomic mass is 127. The van der Waals surface area contributed by atoms with Crippen molar-refractivity contribution in [1.82, 2.24) is 0 Å². The van der Waals surface area contributed by atoms with Gasteiger partial charge in [0.15, 0.2) is 0 Å². The second kappa shape index (κ2) is 2.98. The third-order valence-electron chi connectivity index (χ3n) is 1.45. The van der Waals surface area contributed by atoms with Crippen molar-refractivity contribution in [3.05, 3.63) is 9.66 Å². The molecule has 0 amide bonds. The van der Waals surface area contributed by atoms with Gasteiger partial charge in [-0.25, -0.2) is 0 Å². The van der Waals surface area contributed by atoms with E-state index >= 15 is 0 Å². The fraction of sp³-hybridized carbons (Fsp3) is 0.667. The van der Waals surface area contributed by atoms with Crippen molar-refractivity contribution >= 4 is 22.6 Å². The first-order chi connectivity index (χ1) is 4.22. The van der Waals surface area contributed by atoms with E-state index in [0.717, 1.165) is 10.0 Å². The largest absolute Gasteiger partial charge is 0.390 e. The highest BCUT2D eigenvalue weighted by Gasteiger charge is 2.21. The Bertz CT molecular complexity index is 133. The van der Waals surface area contributed by atoms with Gasteiger partial charge in [0.05, 0.1) is 6.10 Å². The Morgan fingerprint density at radius 2 is 2.22 bits per heavy atom. The Balaban J connectivity index is 2.62. The van der Waals surface area contributed by atoms with Crippen molar-refractivity contribution in [2.45, 2.75) is 25.0 Å². The summed E-state index contributed by atoms with van der Waals surface area (Å²) >= 11 is 2.05. The zero-order valence-corrected chi connectivity index (χ0v) is 7.08. The van der Waals surface area contributed by atoms with Crippen LogP contribution >= 0.6 is 22.6 Å². The summed E-state index contributed by atoms with van der Waals surface area (Å²) in [5.41, 5.74) is 0. The first-order valence-corrected chi connectivity index (χ1v) is 4.01. The first-order valence-electron chi connectivity index (χ1n) is 2.93. The highest BCUT2D eigenvalue weighted by molar-refractivity contribution is 14.1. The van der Waals surface area contributed by atoms with E-state index in [1.165, 1.54) is 0 Å². The van der Waals surface area contributed by atoms with Crippen molar-refractivity contribution in [3.63, 3.8) is 0 Å². The summed E-state index contributed by atoms with van der Waals surface area (Å²) in [6.07, 6.45) is 2.36. The molecule has 0 aliphatic heterocycles. The van der Waals surface area contributed by atoms with Gasteiger partial charge in [-0.1, -0.05) is 6.08 Å². The predicted molar refractivity (Wildman–Crippen MR) is 43.4 cm³/mol. The average molecular weight is 240 g/mol. The number of hydrogen-bond acceptors (Lipinski definition) is 2. The lowest BCUT2D eigenvalue weighted by Crippen LogP contribution is -2.28. The molecule has 0 radical (unpaired) electrons. The van der Waals surface area contributed by atoms with E-state index < -0.39 is 12.2 Å². The lowest BCUT2D eigenvalue weighted by Gasteiger charge is -2.20. The number of halogens is 1. The van der Waals surface area contributed by atoms with Gasteiger partial charge in [-0.05, 0) is 35.4 Å². The summed E-state index contributed by atoms with van der Waals surface area (Å²) in [5, 5.41) is 18.2. The van der Waals surface area contributed by atoms with Crippen LogP contribution < -0.4 is 0 Å². The molecule has 2 nitrogen and oxygen atoms in total. The first kappa shape index (κ1) is 7.50. The lowest BCUT2D eigenvalue weighted by atomic mass is 10.0. The topological polar surface area (TPSA) is 40.5 Å². The second-order valence-electron chi connectivity index (χ2n) is 2.18. The van der Waals surface area contributed by atoms with Crippen molar-refractivity contribution in [2.24, 2.45) is 0 Å². The van der Waals surface area contributed by atoms with Crippen LogP contribution in [-0.4, -0.2) is 22.4 Å². The van der Waals surface area contributed by atoms with E-state index in [9.17, 15) is 0 Å². The maximum Gasteiger partial charge on any atom is 0.110 e. The van der Waals surface area contributed by atoms with E-state index in [4.69, 9.17) is 10.2 Å². The maximum absolute atomic E-state index is 9.12. The average Bonchev–Trinajstić information content (AvgIpc) is 1.83. The van der Waals surface area contributed by atoms with Crippen LogP contribution in [-0.2, 0) is 0 Å². The molecule has 1 aliphatic rings. The summed E-state index contributed by atoms with van der Waals surface area (Å²) in [6, 6.07) is 0. The Labute approximate surface area is 67.7 Å². The molecule has 0 fully saturated rings. The molecular weight excluding hydrogens is 231 g/mol. The van der Waals surface area contributed by atoms with Crippen molar-refractivity contribution < 1.29 is 10.2 Å². The van der Waals surface area contributed by atoms with E-state index in [2.05, 4.69) is 0 Å². The second-order valence-corrected chi connectivity index (χ2v) is 3.42. The molecular formula is C6H9IO2. The van der Waals surface area contributed by atoms with Crippen LogP contribution in [0.3, 0.4) is 0 Å². The minimum absolute atomic E-state index is 0.540. The Kier molecular flexibility index (Phi) is 2.49. The van der Waals surface area contributed by atoms with E-state index in [0.29, 0.717) is 6.42 Å². The van der Waals surface area contributed by atoms with Crippen molar-refractivity contribution in [2.75, 3.05) is 0 Å². The van der Waals surface area contributed by atoms with Crippen LogP contribution in [0.4, 0.5) is 0 Å². The lowest BCUT2D eigenvalue weighted by molar-refractivity contribution is 0.0377. The molecule has 3 heteroatoms. The molecule has 0 saturated carbocycles. The monoisotopic (exact) mass is 240 g/mol. The third-order valence-corrected chi connectivity index (χ3v) is 2.53. The molecule has 1 aliphatic carbocycles. The minimum Gasteiger partial charge on any atom is -0.390 e. The molecule has 2 N–H and O–H groups in total. The van der Waals surface area contributed by atoms with Crippen LogP contribution in [0.1, 0.15) is 12.8 Å². The molecule has 0 aromatic heterocycles. The molecule has 0 aromatic carbocycles. The van der Waals surface area contributed by atoms with Gasteiger partial charge in [-0.3, -0.25) is 0 Å². The smallest absolute Gasteiger partial charge is 0.110 e. The number of rotatable bonds is 0. The van der Waals surface area contributed by atoms with E-state index in [1.54, 1.807) is 0 Å². The quantitative estimate of drug-likeness (QED) is 0.615. The number of aliphatic hydroxyl groups excluding tert-OH is 2. The predicted octanol–water partition coefficient (Wildman–Crippen LogP) is 0.821. The number of hydrogen-bond donors (Lipinski definition) is 2. The van der Waals surface area contributed by atoms with Crippen LogP contribution in [0, 0.1) is 0 Å². The maximum atomic E-state index is 9.12. The van der Waals surface area contributed by atoms with Gasteiger partial charge in [0.1, 0.15) is 6.10 Å². The van der Waals surface area contributed by atoms with Gasteiger partial charge in [0, 0.05) is 3.58 Å². The zero-order chi connectivity index (χ0) is 6.85. The van der Waals surface area contributed by atoms with Crippen molar-refractivity contribution in [3.8, 4) is 0 Å². The molecule has 0 bridgehead atoms. The summed E-state index contributed by atoms with van der Waals surface area (Å²) < 4.78 is 0.867. The Morgan fingerprint density at radius 1 is 1.56 bits per heavy atom.